The van der Waals surface area contributed by atoms with Gasteiger partial charge in [-0.2, -0.15) is 0 Å². The van der Waals surface area contributed by atoms with E-state index in [1.165, 1.54) is 0 Å². The van der Waals surface area contributed by atoms with Crippen LogP contribution < -0.4 is 5.32 Å². The first-order valence-electron chi connectivity index (χ1n) is 5.06. The maximum Gasteiger partial charge on any atom is 0.252 e. The van der Waals surface area contributed by atoms with E-state index in [0.717, 1.165) is 18.7 Å². The fourth-order valence-corrected chi connectivity index (χ4v) is 3.42. The average molecular weight is 407 g/mol. The minimum Gasteiger partial charge on any atom is -0.347 e. The zero-order chi connectivity index (χ0) is 13.1. The monoisotopic (exact) mass is 405 g/mol. The van der Waals surface area contributed by atoms with Gasteiger partial charge < -0.3 is 5.32 Å². The van der Waals surface area contributed by atoms with Crippen molar-refractivity contribution in [1.82, 2.24) is 5.32 Å². The number of thiol groups is 1. The lowest BCUT2D eigenvalue weighted by Gasteiger charge is -2.06. The Morgan fingerprint density at radius 3 is 2.78 bits per heavy atom. The van der Waals surface area contributed by atoms with Crippen LogP contribution in [0.1, 0.15) is 15.2 Å². The molecule has 18 heavy (non-hydrogen) atoms. The summed E-state index contributed by atoms with van der Waals surface area (Å²) in [6.45, 7) is 0.526. The van der Waals surface area contributed by atoms with Crippen molar-refractivity contribution in [2.75, 3.05) is 0 Å². The van der Waals surface area contributed by atoms with Crippen molar-refractivity contribution in [3.8, 4) is 0 Å². The van der Waals surface area contributed by atoms with E-state index in [9.17, 15) is 4.79 Å². The van der Waals surface area contributed by atoms with Gasteiger partial charge >= 0.3 is 0 Å². The quantitative estimate of drug-likeness (QED) is 0.722. The molecule has 0 bridgehead atoms. The molecule has 0 saturated carbocycles. The predicted molar refractivity (Wildman–Crippen MR) is 84.6 cm³/mol. The fourth-order valence-electron chi connectivity index (χ4n) is 1.40. The third-order valence-electron chi connectivity index (χ3n) is 2.24. The molecule has 0 unspecified atom stereocenters. The number of hydrogen-bond acceptors (Lipinski definition) is 3. The van der Waals surface area contributed by atoms with Gasteiger partial charge in [-0.1, -0.05) is 0 Å². The number of carbonyl (C=O) groups excluding carboxylic acids is 1. The number of nitrogens with one attached hydrogen (secondary N) is 1. The summed E-state index contributed by atoms with van der Waals surface area (Å²) in [5.74, 6) is -0.109. The van der Waals surface area contributed by atoms with E-state index >= 15 is 0 Å². The van der Waals surface area contributed by atoms with Crippen LogP contribution in [0.25, 0.3) is 0 Å². The molecule has 0 aliphatic carbocycles. The standard InChI is InChI=1S/C12H9Br2NOS2/c13-7-3-9(18-6-7)5-15-12(16)10-4-8(17)1-2-11(10)14/h1-4,6,17H,5H2,(H,15,16). The van der Waals surface area contributed by atoms with Crippen molar-refractivity contribution >= 4 is 61.7 Å². The summed E-state index contributed by atoms with van der Waals surface area (Å²) in [6.07, 6.45) is 0. The Morgan fingerprint density at radius 1 is 1.33 bits per heavy atom. The van der Waals surface area contributed by atoms with Gasteiger partial charge in [-0.3, -0.25) is 4.79 Å². The van der Waals surface area contributed by atoms with Gasteiger partial charge in [0.25, 0.3) is 5.91 Å². The third-order valence-corrected chi connectivity index (χ3v) is 4.91. The fraction of sp³-hybridized carbons (Fsp3) is 0.0833. The van der Waals surface area contributed by atoms with Crippen LogP contribution in [-0.2, 0) is 6.54 Å². The second kappa shape index (κ2) is 6.23. The minimum absolute atomic E-state index is 0.109. The van der Waals surface area contributed by atoms with E-state index in [0.29, 0.717) is 12.1 Å². The molecule has 6 heteroatoms. The predicted octanol–water partition coefficient (Wildman–Crippen LogP) is 4.49. The summed E-state index contributed by atoms with van der Waals surface area (Å²) in [7, 11) is 0. The molecule has 0 atom stereocenters. The van der Waals surface area contributed by atoms with Crippen LogP contribution >= 0.6 is 55.8 Å². The van der Waals surface area contributed by atoms with Crippen molar-refractivity contribution in [2.45, 2.75) is 11.4 Å². The van der Waals surface area contributed by atoms with Gasteiger partial charge in [0.2, 0.25) is 0 Å². The molecule has 0 aliphatic heterocycles. The number of thiophene rings is 1. The van der Waals surface area contributed by atoms with Crippen molar-refractivity contribution in [2.24, 2.45) is 0 Å². The van der Waals surface area contributed by atoms with Crippen LogP contribution in [0, 0.1) is 0 Å². The molecule has 2 nitrogen and oxygen atoms in total. The van der Waals surface area contributed by atoms with E-state index in [4.69, 9.17) is 0 Å². The first kappa shape index (κ1) is 14.1. The Hall–Kier alpha value is -0.300. The smallest absolute Gasteiger partial charge is 0.252 e. The van der Waals surface area contributed by atoms with Gasteiger partial charge in [0.1, 0.15) is 0 Å². The second-order valence-electron chi connectivity index (χ2n) is 3.58. The Labute approximate surface area is 131 Å². The van der Waals surface area contributed by atoms with Crippen molar-refractivity contribution < 1.29 is 4.79 Å². The van der Waals surface area contributed by atoms with Gasteiger partial charge in [0, 0.05) is 24.1 Å². The number of rotatable bonds is 3. The van der Waals surface area contributed by atoms with Gasteiger partial charge in [-0.25, -0.2) is 0 Å². The molecule has 2 aromatic rings. The maximum absolute atomic E-state index is 12.0. The normalized spacial score (nSPS) is 10.4. The SMILES string of the molecule is O=C(NCc1cc(Br)cs1)c1cc(S)ccc1Br. The second-order valence-corrected chi connectivity index (χ2v) is 6.86. The molecule has 0 aliphatic rings. The molecule has 0 saturated heterocycles. The van der Waals surface area contributed by atoms with E-state index in [-0.39, 0.29) is 5.91 Å². The van der Waals surface area contributed by atoms with Crippen LogP contribution in [0.2, 0.25) is 0 Å². The molecule has 2 rings (SSSR count). The third kappa shape index (κ3) is 3.60. The highest BCUT2D eigenvalue weighted by atomic mass is 79.9. The summed E-state index contributed by atoms with van der Waals surface area (Å²) in [5, 5.41) is 4.88. The molecular formula is C12H9Br2NOS2. The molecule has 0 radical (unpaired) electrons. The molecule has 94 valence electrons. The number of halogens is 2. The molecule has 0 fully saturated rings. The molecular weight excluding hydrogens is 398 g/mol. The first-order chi connectivity index (χ1) is 8.56. The van der Waals surface area contributed by atoms with Crippen LogP contribution in [0.15, 0.2) is 43.5 Å². The van der Waals surface area contributed by atoms with Crippen LogP contribution in [0.3, 0.4) is 0 Å². The number of hydrogen-bond donors (Lipinski definition) is 2. The number of amides is 1. The van der Waals surface area contributed by atoms with E-state index < -0.39 is 0 Å². The molecule has 1 N–H and O–H groups in total. The minimum atomic E-state index is -0.109. The number of benzene rings is 1. The van der Waals surface area contributed by atoms with Crippen molar-refractivity contribution in [1.29, 1.82) is 0 Å². The molecule has 1 aromatic carbocycles. The van der Waals surface area contributed by atoms with Crippen molar-refractivity contribution in [3.05, 3.63) is 49.0 Å². The number of carbonyl (C=O) groups is 1. The van der Waals surface area contributed by atoms with Gasteiger partial charge in [-0.15, -0.1) is 24.0 Å². The molecule has 1 heterocycles. The Bertz CT molecular complexity index is 583. The van der Waals surface area contributed by atoms with Gasteiger partial charge in [0.05, 0.1) is 12.1 Å². The largest absolute Gasteiger partial charge is 0.347 e. The zero-order valence-electron chi connectivity index (χ0n) is 9.11. The highest BCUT2D eigenvalue weighted by Crippen LogP contribution is 2.22. The summed E-state index contributed by atoms with van der Waals surface area (Å²) in [5.41, 5.74) is 0.595. The lowest BCUT2D eigenvalue weighted by Crippen LogP contribution is -2.22. The highest BCUT2D eigenvalue weighted by molar-refractivity contribution is 9.10. The Kier molecular flexibility index (Phi) is 4.89. The van der Waals surface area contributed by atoms with E-state index in [1.807, 2.05) is 23.6 Å². The summed E-state index contributed by atoms with van der Waals surface area (Å²) >= 11 is 12.6. The van der Waals surface area contributed by atoms with Crippen LogP contribution in [-0.4, -0.2) is 5.91 Å². The van der Waals surface area contributed by atoms with Gasteiger partial charge in [-0.05, 0) is 56.1 Å². The molecule has 1 aromatic heterocycles. The lowest BCUT2D eigenvalue weighted by atomic mass is 10.2. The maximum atomic E-state index is 12.0. The summed E-state index contributed by atoms with van der Waals surface area (Å²) in [6, 6.07) is 7.39. The molecule has 0 spiro atoms. The van der Waals surface area contributed by atoms with Gasteiger partial charge in [0.15, 0.2) is 0 Å². The lowest BCUT2D eigenvalue weighted by molar-refractivity contribution is 0.0950. The average Bonchev–Trinajstić information content (AvgIpc) is 2.75. The van der Waals surface area contributed by atoms with Crippen LogP contribution in [0.4, 0.5) is 0 Å². The first-order valence-corrected chi connectivity index (χ1v) is 7.97. The zero-order valence-corrected chi connectivity index (χ0v) is 14.0. The van der Waals surface area contributed by atoms with E-state index in [2.05, 4.69) is 49.8 Å². The summed E-state index contributed by atoms with van der Waals surface area (Å²) in [4.78, 5) is 13.9. The Balaban J connectivity index is 2.05. The highest BCUT2D eigenvalue weighted by Gasteiger charge is 2.10. The van der Waals surface area contributed by atoms with Crippen molar-refractivity contribution in [3.63, 3.8) is 0 Å². The Morgan fingerprint density at radius 2 is 2.11 bits per heavy atom. The summed E-state index contributed by atoms with van der Waals surface area (Å²) < 4.78 is 1.81. The van der Waals surface area contributed by atoms with E-state index in [1.54, 1.807) is 17.4 Å². The van der Waals surface area contributed by atoms with Crippen LogP contribution in [0.5, 0.6) is 0 Å². The molecule has 1 amide bonds. The topological polar surface area (TPSA) is 29.1 Å².